The Morgan fingerprint density at radius 2 is 1.96 bits per heavy atom. The van der Waals surface area contributed by atoms with Crippen LogP contribution in [-0.4, -0.2) is 32.7 Å². The SMILES string of the molecule is CCCN(CCOC)c1ccc(NC=C2C(=O)Nc3ccc(F)cc32)cc1. The highest BCUT2D eigenvalue weighted by molar-refractivity contribution is 6.31. The molecule has 1 aliphatic rings. The predicted octanol–water partition coefficient (Wildman–Crippen LogP) is 4.09. The summed E-state index contributed by atoms with van der Waals surface area (Å²) in [6.07, 6.45) is 2.67. The second-order valence-corrected chi connectivity index (χ2v) is 6.37. The molecule has 142 valence electrons. The molecular formula is C21H24FN3O2. The van der Waals surface area contributed by atoms with Gasteiger partial charge >= 0.3 is 0 Å². The summed E-state index contributed by atoms with van der Waals surface area (Å²) in [4.78, 5) is 14.4. The molecule has 6 heteroatoms. The molecule has 0 spiro atoms. The van der Waals surface area contributed by atoms with Gasteiger partial charge in [0.05, 0.1) is 12.2 Å². The van der Waals surface area contributed by atoms with Gasteiger partial charge in [0.2, 0.25) is 0 Å². The molecule has 2 aromatic carbocycles. The molecule has 1 amide bonds. The largest absolute Gasteiger partial charge is 0.383 e. The molecule has 0 unspecified atom stereocenters. The van der Waals surface area contributed by atoms with Crippen LogP contribution in [0.3, 0.4) is 0 Å². The van der Waals surface area contributed by atoms with E-state index in [2.05, 4.69) is 22.5 Å². The number of halogens is 1. The Balaban J connectivity index is 1.73. The van der Waals surface area contributed by atoms with Crippen molar-refractivity contribution in [3.8, 4) is 0 Å². The molecule has 2 N–H and O–H groups in total. The third-order valence-electron chi connectivity index (χ3n) is 4.44. The highest BCUT2D eigenvalue weighted by Crippen LogP contribution is 2.32. The van der Waals surface area contributed by atoms with Gasteiger partial charge in [0.1, 0.15) is 5.82 Å². The van der Waals surface area contributed by atoms with E-state index in [1.165, 1.54) is 12.1 Å². The topological polar surface area (TPSA) is 53.6 Å². The highest BCUT2D eigenvalue weighted by Gasteiger charge is 2.24. The van der Waals surface area contributed by atoms with Crippen LogP contribution in [0, 0.1) is 5.82 Å². The molecule has 27 heavy (non-hydrogen) atoms. The number of rotatable bonds is 8. The predicted molar refractivity (Wildman–Crippen MR) is 107 cm³/mol. The van der Waals surface area contributed by atoms with Crippen molar-refractivity contribution in [3.63, 3.8) is 0 Å². The molecule has 0 radical (unpaired) electrons. The fourth-order valence-corrected chi connectivity index (χ4v) is 3.07. The molecule has 0 bridgehead atoms. The number of carbonyl (C=O) groups excluding carboxylic acids is 1. The van der Waals surface area contributed by atoms with Gasteiger partial charge in [0.25, 0.3) is 5.91 Å². The van der Waals surface area contributed by atoms with Crippen molar-refractivity contribution < 1.29 is 13.9 Å². The van der Waals surface area contributed by atoms with E-state index in [1.807, 2.05) is 24.3 Å². The Morgan fingerprint density at radius 1 is 1.19 bits per heavy atom. The van der Waals surface area contributed by atoms with Crippen molar-refractivity contribution in [1.82, 2.24) is 0 Å². The van der Waals surface area contributed by atoms with Crippen LogP contribution < -0.4 is 15.5 Å². The summed E-state index contributed by atoms with van der Waals surface area (Å²) in [5.74, 6) is -0.610. The maximum atomic E-state index is 13.5. The zero-order valence-corrected chi connectivity index (χ0v) is 15.6. The molecule has 0 aliphatic carbocycles. The number of methoxy groups -OCH3 is 1. The zero-order valence-electron chi connectivity index (χ0n) is 15.6. The number of hydrogen-bond donors (Lipinski definition) is 2. The molecule has 0 saturated heterocycles. The average Bonchev–Trinajstić information content (AvgIpc) is 2.98. The lowest BCUT2D eigenvalue weighted by Gasteiger charge is -2.24. The Kier molecular flexibility index (Phi) is 6.08. The Labute approximate surface area is 158 Å². The van der Waals surface area contributed by atoms with Gasteiger partial charge in [-0.3, -0.25) is 4.79 Å². The third kappa shape index (κ3) is 4.46. The van der Waals surface area contributed by atoms with Crippen molar-refractivity contribution in [2.45, 2.75) is 13.3 Å². The highest BCUT2D eigenvalue weighted by atomic mass is 19.1. The summed E-state index contributed by atoms with van der Waals surface area (Å²) in [5.41, 5.74) is 3.59. The number of benzene rings is 2. The van der Waals surface area contributed by atoms with E-state index in [0.717, 1.165) is 30.9 Å². The van der Waals surface area contributed by atoms with E-state index in [1.54, 1.807) is 19.4 Å². The van der Waals surface area contributed by atoms with Crippen molar-refractivity contribution >= 4 is 28.5 Å². The molecule has 3 rings (SSSR count). The van der Waals surface area contributed by atoms with Gasteiger partial charge in [0, 0.05) is 49.0 Å². The number of ether oxygens (including phenoxy) is 1. The summed E-state index contributed by atoms with van der Waals surface area (Å²) >= 11 is 0. The molecule has 0 aromatic heterocycles. The van der Waals surface area contributed by atoms with Crippen molar-refractivity contribution in [3.05, 3.63) is 60.0 Å². The minimum Gasteiger partial charge on any atom is -0.383 e. The van der Waals surface area contributed by atoms with Gasteiger partial charge in [-0.05, 0) is 48.9 Å². The van der Waals surface area contributed by atoms with Crippen LogP contribution in [0.4, 0.5) is 21.5 Å². The molecule has 5 nitrogen and oxygen atoms in total. The normalized spacial score (nSPS) is 14.2. The van der Waals surface area contributed by atoms with Crippen molar-refractivity contribution in [1.29, 1.82) is 0 Å². The summed E-state index contributed by atoms with van der Waals surface area (Å²) < 4.78 is 18.7. The smallest absolute Gasteiger partial charge is 0.257 e. The summed E-state index contributed by atoms with van der Waals surface area (Å²) in [6, 6.07) is 12.3. The van der Waals surface area contributed by atoms with E-state index in [9.17, 15) is 9.18 Å². The number of anilines is 3. The van der Waals surface area contributed by atoms with Crippen LogP contribution in [0.15, 0.2) is 48.7 Å². The molecule has 0 fully saturated rings. The van der Waals surface area contributed by atoms with Gasteiger partial charge in [-0.2, -0.15) is 0 Å². The van der Waals surface area contributed by atoms with Gasteiger partial charge in [-0.1, -0.05) is 6.92 Å². The number of amides is 1. The van der Waals surface area contributed by atoms with Crippen LogP contribution in [0.2, 0.25) is 0 Å². The first-order valence-corrected chi connectivity index (χ1v) is 9.04. The fraction of sp³-hybridized carbons (Fsp3) is 0.286. The van der Waals surface area contributed by atoms with E-state index < -0.39 is 0 Å². The quantitative estimate of drug-likeness (QED) is 0.688. The van der Waals surface area contributed by atoms with Crippen molar-refractivity contribution in [2.75, 3.05) is 42.3 Å². The minimum absolute atomic E-state index is 0.242. The van der Waals surface area contributed by atoms with E-state index in [0.29, 0.717) is 23.4 Å². The molecule has 1 heterocycles. The molecule has 0 saturated carbocycles. The maximum absolute atomic E-state index is 13.5. The standard InChI is InChI=1S/C21H24FN3O2/c1-3-10-25(11-12-27-2)17-7-5-16(6-8-17)23-14-19-18-13-15(22)4-9-20(18)24-21(19)26/h4-9,13-14,23H,3,10-12H2,1-2H3,(H,24,26). The molecule has 2 aromatic rings. The summed E-state index contributed by atoms with van der Waals surface area (Å²) in [7, 11) is 1.70. The van der Waals surface area contributed by atoms with Crippen LogP contribution in [-0.2, 0) is 9.53 Å². The Morgan fingerprint density at radius 3 is 2.67 bits per heavy atom. The number of carbonyl (C=O) groups is 1. The van der Waals surface area contributed by atoms with Crippen molar-refractivity contribution in [2.24, 2.45) is 0 Å². The van der Waals surface area contributed by atoms with Gasteiger partial charge in [-0.25, -0.2) is 4.39 Å². The lowest BCUT2D eigenvalue weighted by molar-refractivity contribution is -0.110. The first-order valence-electron chi connectivity index (χ1n) is 9.04. The van der Waals surface area contributed by atoms with Crippen LogP contribution in [0.5, 0.6) is 0 Å². The van der Waals surface area contributed by atoms with Gasteiger partial charge in [0.15, 0.2) is 0 Å². The Bertz CT molecular complexity index is 834. The van der Waals surface area contributed by atoms with E-state index >= 15 is 0 Å². The average molecular weight is 369 g/mol. The second kappa shape index (κ2) is 8.68. The molecule has 0 atom stereocenters. The molecular weight excluding hydrogens is 345 g/mol. The third-order valence-corrected chi connectivity index (χ3v) is 4.44. The van der Waals surface area contributed by atoms with E-state index in [-0.39, 0.29) is 11.7 Å². The number of nitrogens with one attached hydrogen (secondary N) is 2. The zero-order chi connectivity index (χ0) is 19.2. The fourth-order valence-electron chi connectivity index (χ4n) is 3.07. The first-order chi connectivity index (χ1) is 13.1. The number of nitrogens with zero attached hydrogens (tertiary/aromatic N) is 1. The molecule has 1 aliphatic heterocycles. The monoisotopic (exact) mass is 369 g/mol. The second-order valence-electron chi connectivity index (χ2n) is 6.37. The van der Waals surface area contributed by atoms with Crippen LogP contribution >= 0.6 is 0 Å². The van der Waals surface area contributed by atoms with Crippen LogP contribution in [0.25, 0.3) is 5.57 Å². The number of fused-ring (bicyclic) bond motifs is 1. The van der Waals surface area contributed by atoms with Gasteiger partial charge < -0.3 is 20.3 Å². The first kappa shape index (κ1) is 18.9. The lowest BCUT2D eigenvalue weighted by atomic mass is 10.1. The lowest BCUT2D eigenvalue weighted by Crippen LogP contribution is -2.27. The minimum atomic E-state index is -0.368. The summed E-state index contributed by atoms with van der Waals surface area (Å²) in [5, 5.41) is 5.87. The van der Waals surface area contributed by atoms with Crippen LogP contribution in [0.1, 0.15) is 18.9 Å². The van der Waals surface area contributed by atoms with Gasteiger partial charge in [-0.15, -0.1) is 0 Å². The Hall–Kier alpha value is -2.86. The number of hydrogen-bond acceptors (Lipinski definition) is 4. The summed E-state index contributed by atoms with van der Waals surface area (Å²) in [6.45, 7) is 4.62. The van der Waals surface area contributed by atoms with E-state index in [4.69, 9.17) is 4.74 Å². The maximum Gasteiger partial charge on any atom is 0.257 e.